The van der Waals surface area contributed by atoms with Crippen LogP contribution < -0.4 is 15.4 Å². The molecule has 0 bridgehead atoms. The number of carbonyl (C=O) groups excluding carboxylic acids is 4. The number of aromatic nitrogens is 5. The van der Waals surface area contributed by atoms with E-state index in [1.165, 1.54) is 25.2 Å². The van der Waals surface area contributed by atoms with Gasteiger partial charge in [0.2, 0.25) is 18.0 Å². The summed E-state index contributed by atoms with van der Waals surface area (Å²) in [5.74, 6) is -0.119. The number of halogens is 1. The van der Waals surface area contributed by atoms with Crippen molar-refractivity contribution in [3.05, 3.63) is 87.6 Å². The summed E-state index contributed by atoms with van der Waals surface area (Å²) in [6.07, 6.45) is 6.92. The number of carbonyl (C=O) groups is 4. The summed E-state index contributed by atoms with van der Waals surface area (Å²) in [6, 6.07) is 14.1. The first-order valence-electron chi connectivity index (χ1n) is 24.4. The molecule has 18 heteroatoms. The smallest absolute Gasteiger partial charge is 0.407 e. The van der Waals surface area contributed by atoms with Gasteiger partial charge in [0.15, 0.2) is 5.01 Å². The van der Waals surface area contributed by atoms with Crippen molar-refractivity contribution in [2.75, 3.05) is 27.3 Å². The molecule has 0 spiro atoms. The van der Waals surface area contributed by atoms with E-state index in [1.807, 2.05) is 69.0 Å². The highest BCUT2D eigenvalue weighted by Crippen LogP contribution is 2.49. The largest absolute Gasteiger partial charge is 0.462 e. The number of amides is 4. The number of aromatic amines is 2. The number of benzene rings is 2. The highest BCUT2D eigenvalue weighted by atomic mass is 32.1. The van der Waals surface area contributed by atoms with Gasteiger partial charge in [0.1, 0.15) is 29.0 Å². The van der Waals surface area contributed by atoms with Crippen LogP contribution in [0.5, 0.6) is 5.75 Å². The number of H-pyrrole nitrogens is 2. The number of likely N-dealkylation sites (tertiary alicyclic amines) is 2. The predicted octanol–water partition coefficient (Wildman–Crippen LogP) is 9.59. The summed E-state index contributed by atoms with van der Waals surface area (Å²) in [4.78, 5) is 74.4. The van der Waals surface area contributed by atoms with Gasteiger partial charge in [0, 0.05) is 45.9 Å². The van der Waals surface area contributed by atoms with Gasteiger partial charge in [0.25, 0.3) is 0 Å². The quantitative estimate of drug-likeness (QED) is 0.0980. The number of aryl methyl sites for hydroxylation is 2. The van der Waals surface area contributed by atoms with Crippen LogP contribution in [0.1, 0.15) is 119 Å². The van der Waals surface area contributed by atoms with E-state index < -0.39 is 35.8 Å². The summed E-state index contributed by atoms with van der Waals surface area (Å²) in [5, 5.41) is 7.18. The Kier molecular flexibility index (Phi) is 12.5. The van der Waals surface area contributed by atoms with Gasteiger partial charge < -0.3 is 44.6 Å². The molecule has 4 aromatic heterocycles. The third kappa shape index (κ3) is 8.26. The molecule has 2 aromatic carbocycles. The SMILES string of the molecule is COC(=O)NC(C(=O)N1CCCC1c1ccc(-c2cc(F)c3c(c2)OC(c2nc4c(s2)CCCC4)n2c-3cc3cc(-c4cnc(C5CCCN5C(=O)C(C)(NC(=O)OC)C(C)C)[nH]4)ccc32)[nH]1)C(C)C. The number of nitrogens with one attached hydrogen (secondary N) is 4. The molecular weight excluding hydrogens is 914 g/mol. The number of methoxy groups -OCH3 is 2. The molecule has 5 atom stereocenters. The molecule has 2 saturated heterocycles. The van der Waals surface area contributed by atoms with Gasteiger partial charge in [-0.1, -0.05) is 33.8 Å². The zero-order chi connectivity index (χ0) is 49.2. The van der Waals surface area contributed by atoms with Crippen molar-refractivity contribution in [3.8, 4) is 39.5 Å². The normalized spacial score (nSPS) is 19.9. The maximum Gasteiger partial charge on any atom is 0.407 e. The van der Waals surface area contributed by atoms with Crippen LogP contribution in [0.2, 0.25) is 0 Å². The van der Waals surface area contributed by atoms with Crippen molar-refractivity contribution in [2.45, 2.75) is 116 Å². The van der Waals surface area contributed by atoms with E-state index in [4.69, 9.17) is 24.2 Å². The lowest BCUT2D eigenvalue weighted by Gasteiger charge is -2.37. The number of ether oxygens (including phenoxy) is 3. The number of fused-ring (bicyclic) bond motifs is 6. The molecule has 6 aromatic rings. The second-order valence-electron chi connectivity index (χ2n) is 19.8. The fourth-order valence-electron chi connectivity index (χ4n) is 10.7. The first kappa shape index (κ1) is 47.0. The molecule has 4 amide bonds. The van der Waals surface area contributed by atoms with Crippen LogP contribution in [0.15, 0.2) is 54.7 Å². The van der Waals surface area contributed by atoms with Crippen LogP contribution in [0, 0.1) is 17.7 Å². The average molecular weight is 974 g/mol. The van der Waals surface area contributed by atoms with E-state index in [0.29, 0.717) is 53.6 Å². The second-order valence-corrected chi connectivity index (χ2v) is 20.9. The number of alkyl carbamates (subject to hydrolysis) is 2. The molecule has 16 nitrogen and oxygen atoms in total. The van der Waals surface area contributed by atoms with E-state index in [9.17, 15) is 19.2 Å². The zero-order valence-electron chi connectivity index (χ0n) is 40.6. The Hall–Kier alpha value is -6.69. The maximum atomic E-state index is 17.0. The molecule has 2 fully saturated rings. The van der Waals surface area contributed by atoms with E-state index in [-0.39, 0.29) is 35.7 Å². The van der Waals surface area contributed by atoms with Crippen molar-refractivity contribution in [2.24, 2.45) is 11.8 Å². The van der Waals surface area contributed by atoms with Gasteiger partial charge in [0.05, 0.1) is 60.7 Å². The van der Waals surface area contributed by atoms with E-state index in [1.54, 1.807) is 29.4 Å². The molecule has 3 aliphatic heterocycles. The van der Waals surface area contributed by atoms with Gasteiger partial charge in [-0.2, -0.15) is 0 Å². The van der Waals surface area contributed by atoms with Crippen LogP contribution in [0.4, 0.5) is 14.0 Å². The highest BCUT2D eigenvalue weighted by Gasteiger charge is 2.46. The Bertz CT molecular complexity index is 2980. The Morgan fingerprint density at radius 1 is 0.871 bits per heavy atom. The first-order chi connectivity index (χ1) is 33.7. The summed E-state index contributed by atoms with van der Waals surface area (Å²) >= 11 is 1.66. The Balaban J connectivity index is 0.976. The number of nitrogens with zero attached hydrogens (tertiary/aromatic N) is 5. The molecule has 4 aliphatic rings. The van der Waals surface area contributed by atoms with Crippen molar-refractivity contribution < 1.29 is 37.8 Å². The van der Waals surface area contributed by atoms with Gasteiger partial charge in [-0.25, -0.2) is 23.9 Å². The highest BCUT2D eigenvalue weighted by molar-refractivity contribution is 7.11. The van der Waals surface area contributed by atoms with Crippen LogP contribution in [0.3, 0.4) is 0 Å². The lowest BCUT2D eigenvalue weighted by molar-refractivity contribution is -0.140. The number of hydrogen-bond acceptors (Lipinski definition) is 10. The molecule has 1 aliphatic carbocycles. The fraction of sp³-hybridized carbons (Fsp3) is 0.462. The first-order valence-corrected chi connectivity index (χ1v) is 25.2. The third-order valence-electron chi connectivity index (χ3n) is 14.9. The Morgan fingerprint density at radius 2 is 1.63 bits per heavy atom. The lowest BCUT2D eigenvalue weighted by Crippen LogP contribution is -2.60. The Morgan fingerprint density at radius 3 is 2.37 bits per heavy atom. The topological polar surface area (TPSA) is 189 Å². The van der Waals surface area contributed by atoms with Gasteiger partial charge in [-0.3, -0.25) is 14.2 Å². The minimum absolute atomic E-state index is 0.157. The molecule has 0 saturated carbocycles. The average Bonchev–Trinajstić information content (AvgIpc) is 4.22. The molecule has 0 radical (unpaired) electrons. The molecule has 70 heavy (non-hydrogen) atoms. The van der Waals surface area contributed by atoms with E-state index in [0.717, 1.165) is 83.5 Å². The zero-order valence-corrected chi connectivity index (χ0v) is 41.4. The maximum absolute atomic E-state index is 17.0. The summed E-state index contributed by atoms with van der Waals surface area (Å²) < 4.78 is 35.7. The number of rotatable bonds is 11. The van der Waals surface area contributed by atoms with Crippen LogP contribution in [-0.2, 0) is 31.9 Å². The molecular formula is C52H60FN9O7S. The third-order valence-corrected chi connectivity index (χ3v) is 16.1. The lowest BCUT2D eigenvalue weighted by atomic mass is 9.86. The molecule has 368 valence electrons. The number of hydrogen-bond donors (Lipinski definition) is 4. The fourth-order valence-corrected chi connectivity index (χ4v) is 11.9. The molecule has 4 N–H and O–H groups in total. The number of imidazole rings is 1. The number of thiazole rings is 1. The van der Waals surface area contributed by atoms with Gasteiger partial charge in [-0.05, 0) is 113 Å². The predicted molar refractivity (Wildman–Crippen MR) is 263 cm³/mol. The molecule has 5 unspecified atom stereocenters. The van der Waals surface area contributed by atoms with Crippen LogP contribution in [-0.4, -0.2) is 97.2 Å². The Labute approximate surface area is 409 Å². The van der Waals surface area contributed by atoms with Crippen molar-refractivity contribution in [3.63, 3.8) is 0 Å². The van der Waals surface area contributed by atoms with E-state index in [2.05, 4.69) is 31.2 Å². The summed E-state index contributed by atoms with van der Waals surface area (Å²) in [7, 11) is 2.56. The minimum Gasteiger partial charge on any atom is -0.462 e. The van der Waals surface area contributed by atoms with Gasteiger partial charge in [-0.15, -0.1) is 11.3 Å². The van der Waals surface area contributed by atoms with E-state index >= 15 is 4.39 Å². The monoisotopic (exact) mass is 973 g/mol. The summed E-state index contributed by atoms with van der Waals surface area (Å²) in [5.41, 5.74) is 5.53. The second kappa shape index (κ2) is 18.6. The van der Waals surface area contributed by atoms with Crippen molar-refractivity contribution in [1.82, 2.24) is 44.9 Å². The molecule has 10 rings (SSSR count). The standard InChI is InChI=1S/C52H60FN9O7S/c1-27(2)44(58-50(65)67-6)47(63)60-20-10-13-38(60)34-18-17-33(55-34)30-23-32(53)43-40-24-31-22-29(16-19-37(31)62(40)48(69-41(43)25-30)46-57-35-12-8-9-15-42(35)70-46)36-26-54-45(56-36)39-14-11-21-61(39)49(64)52(5,28(3)4)59-51(66)68-7/h16-19,22-28,38-39,44,48,55H,8-15,20-21H2,1-7H3,(H,54,56)(H,58,65)(H,59,66). The van der Waals surface area contributed by atoms with Crippen LogP contribution in [0.25, 0.3) is 44.7 Å². The van der Waals surface area contributed by atoms with Gasteiger partial charge >= 0.3 is 12.2 Å². The summed E-state index contributed by atoms with van der Waals surface area (Å²) in [6.45, 7) is 10.4. The van der Waals surface area contributed by atoms with Crippen molar-refractivity contribution >= 4 is 46.2 Å². The van der Waals surface area contributed by atoms with Crippen LogP contribution >= 0.6 is 11.3 Å². The minimum atomic E-state index is -1.18. The molecule has 7 heterocycles. The van der Waals surface area contributed by atoms with Crippen molar-refractivity contribution in [1.29, 1.82) is 0 Å².